The Morgan fingerprint density at radius 2 is 1.85 bits per heavy atom. The SMILES string of the molecule is CCC(C)c1ccc(S(=O)(=O)N2CCN(C(=O)c3cncs3)CC2)cc1. The first-order valence-corrected chi connectivity index (χ1v) is 11.0. The molecule has 0 radical (unpaired) electrons. The maximum Gasteiger partial charge on any atom is 0.265 e. The van der Waals surface area contributed by atoms with Gasteiger partial charge in [0.15, 0.2) is 0 Å². The van der Waals surface area contributed by atoms with Gasteiger partial charge in [0.1, 0.15) is 4.88 Å². The van der Waals surface area contributed by atoms with Gasteiger partial charge in [-0.1, -0.05) is 26.0 Å². The van der Waals surface area contributed by atoms with Gasteiger partial charge >= 0.3 is 0 Å². The van der Waals surface area contributed by atoms with E-state index < -0.39 is 10.0 Å². The summed E-state index contributed by atoms with van der Waals surface area (Å²) in [4.78, 5) is 18.9. The Hall–Kier alpha value is -1.77. The van der Waals surface area contributed by atoms with Crippen LogP contribution in [0.5, 0.6) is 0 Å². The predicted octanol–water partition coefficient (Wildman–Crippen LogP) is 2.80. The number of hydrogen-bond donors (Lipinski definition) is 0. The Kier molecular flexibility index (Phi) is 5.74. The minimum absolute atomic E-state index is 0.0811. The lowest BCUT2D eigenvalue weighted by Crippen LogP contribution is -2.50. The Morgan fingerprint density at radius 3 is 2.38 bits per heavy atom. The third-order valence-corrected chi connectivity index (χ3v) is 7.54. The van der Waals surface area contributed by atoms with Crippen LogP contribution in [-0.4, -0.2) is 54.7 Å². The maximum absolute atomic E-state index is 12.9. The molecule has 1 atom stereocenters. The number of amides is 1. The van der Waals surface area contributed by atoms with Gasteiger partial charge in [0, 0.05) is 26.2 Å². The number of carbonyl (C=O) groups excluding carboxylic acids is 1. The Bertz CT molecular complexity index is 840. The van der Waals surface area contributed by atoms with Crippen molar-refractivity contribution in [3.05, 3.63) is 46.4 Å². The molecule has 0 N–H and O–H groups in total. The lowest BCUT2D eigenvalue weighted by atomic mass is 9.99. The maximum atomic E-state index is 12.9. The van der Waals surface area contributed by atoms with Crippen LogP contribution in [0.1, 0.15) is 41.4 Å². The molecule has 2 heterocycles. The second kappa shape index (κ2) is 7.85. The van der Waals surface area contributed by atoms with E-state index in [4.69, 9.17) is 0 Å². The molecule has 8 heteroatoms. The van der Waals surface area contributed by atoms with Crippen LogP contribution in [0.4, 0.5) is 0 Å². The van der Waals surface area contributed by atoms with Crippen LogP contribution in [0.25, 0.3) is 0 Å². The smallest absolute Gasteiger partial charge is 0.265 e. The molecule has 1 amide bonds. The molecule has 0 saturated carbocycles. The third kappa shape index (κ3) is 3.82. The topological polar surface area (TPSA) is 70.6 Å². The molecule has 2 aromatic rings. The first-order valence-electron chi connectivity index (χ1n) is 8.71. The molecule has 1 saturated heterocycles. The van der Waals surface area contributed by atoms with Crippen molar-refractivity contribution in [2.24, 2.45) is 0 Å². The molecule has 1 fully saturated rings. The summed E-state index contributed by atoms with van der Waals surface area (Å²) in [6.45, 7) is 5.63. The van der Waals surface area contributed by atoms with Gasteiger partial charge in [0.2, 0.25) is 10.0 Å². The van der Waals surface area contributed by atoms with E-state index in [1.165, 1.54) is 15.6 Å². The molecule has 1 aromatic carbocycles. The van der Waals surface area contributed by atoms with Crippen molar-refractivity contribution >= 4 is 27.3 Å². The largest absolute Gasteiger partial charge is 0.335 e. The molecule has 1 aliphatic heterocycles. The quantitative estimate of drug-likeness (QED) is 0.783. The van der Waals surface area contributed by atoms with E-state index >= 15 is 0 Å². The number of benzene rings is 1. The van der Waals surface area contributed by atoms with E-state index in [9.17, 15) is 13.2 Å². The highest BCUT2D eigenvalue weighted by atomic mass is 32.2. The van der Waals surface area contributed by atoms with E-state index in [0.717, 1.165) is 12.0 Å². The van der Waals surface area contributed by atoms with E-state index in [1.807, 2.05) is 12.1 Å². The highest BCUT2D eigenvalue weighted by Crippen LogP contribution is 2.23. The van der Waals surface area contributed by atoms with E-state index in [0.29, 0.717) is 41.9 Å². The van der Waals surface area contributed by atoms with Gasteiger partial charge in [-0.15, -0.1) is 11.3 Å². The van der Waals surface area contributed by atoms with Crippen molar-refractivity contribution in [3.63, 3.8) is 0 Å². The predicted molar refractivity (Wildman–Crippen MR) is 102 cm³/mol. The first kappa shape index (κ1) is 19.0. The zero-order valence-electron chi connectivity index (χ0n) is 15.0. The number of thiazole rings is 1. The molecule has 1 aliphatic rings. The molecule has 3 rings (SSSR count). The van der Waals surface area contributed by atoms with Gasteiger partial charge in [-0.3, -0.25) is 9.78 Å². The summed E-state index contributed by atoms with van der Waals surface area (Å²) >= 11 is 1.30. The number of rotatable bonds is 5. The Balaban J connectivity index is 1.67. The normalized spacial score (nSPS) is 17.2. The van der Waals surface area contributed by atoms with Crippen LogP contribution in [0.2, 0.25) is 0 Å². The number of aromatic nitrogens is 1. The number of nitrogens with zero attached hydrogens (tertiary/aromatic N) is 3. The fourth-order valence-electron chi connectivity index (χ4n) is 2.96. The number of piperazine rings is 1. The second-order valence-corrected chi connectivity index (χ2v) is 9.26. The van der Waals surface area contributed by atoms with Gasteiger partial charge < -0.3 is 4.90 Å². The molecule has 6 nitrogen and oxygen atoms in total. The van der Waals surface area contributed by atoms with Crippen LogP contribution in [0, 0.1) is 0 Å². The molecule has 1 aromatic heterocycles. The minimum Gasteiger partial charge on any atom is -0.335 e. The zero-order valence-corrected chi connectivity index (χ0v) is 16.6. The second-order valence-electron chi connectivity index (χ2n) is 6.44. The number of hydrogen-bond acceptors (Lipinski definition) is 5. The summed E-state index contributed by atoms with van der Waals surface area (Å²) in [5.74, 6) is 0.329. The number of carbonyl (C=O) groups is 1. The average molecular weight is 394 g/mol. The van der Waals surface area contributed by atoms with Gasteiger partial charge in [0.25, 0.3) is 5.91 Å². The number of sulfonamides is 1. The monoisotopic (exact) mass is 393 g/mol. The van der Waals surface area contributed by atoms with Gasteiger partial charge in [-0.2, -0.15) is 4.31 Å². The standard InChI is InChI=1S/C18H23N3O3S2/c1-3-14(2)15-4-6-16(7-5-15)26(23,24)21-10-8-20(9-11-21)18(22)17-12-19-13-25-17/h4-7,12-14H,3,8-11H2,1-2H3. The lowest BCUT2D eigenvalue weighted by Gasteiger charge is -2.33. The average Bonchev–Trinajstić information content (AvgIpc) is 3.21. The van der Waals surface area contributed by atoms with Crippen molar-refractivity contribution in [2.45, 2.75) is 31.1 Å². The van der Waals surface area contributed by atoms with E-state index in [1.54, 1.807) is 28.7 Å². The van der Waals surface area contributed by atoms with Crippen molar-refractivity contribution < 1.29 is 13.2 Å². The fourth-order valence-corrected chi connectivity index (χ4v) is 4.97. The van der Waals surface area contributed by atoms with Gasteiger partial charge in [-0.05, 0) is 30.0 Å². The van der Waals surface area contributed by atoms with Crippen molar-refractivity contribution in [1.29, 1.82) is 0 Å². The summed E-state index contributed by atoms with van der Waals surface area (Å²) in [7, 11) is -3.53. The van der Waals surface area contributed by atoms with Crippen molar-refractivity contribution in [3.8, 4) is 0 Å². The molecule has 0 aliphatic carbocycles. The van der Waals surface area contributed by atoms with Crippen LogP contribution in [0.3, 0.4) is 0 Å². The molecule has 140 valence electrons. The summed E-state index contributed by atoms with van der Waals surface area (Å²) in [6, 6.07) is 7.16. The summed E-state index contributed by atoms with van der Waals surface area (Å²) in [6.07, 6.45) is 2.57. The third-order valence-electron chi connectivity index (χ3n) is 4.87. The minimum atomic E-state index is -3.53. The van der Waals surface area contributed by atoms with Crippen LogP contribution < -0.4 is 0 Å². The molecule has 0 bridgehead atoms. The Morgan fingerprint density at radius 1 is 1.19 bits per heavy atom. The molecule has 0 spiro atoms. The fraction of sp³-hybridized carbons (Fsp3) is 0.444. The summed E-state index contributed by atoms with van der Waals surface area (Å²) in [5.41, 5.74) is 2.77. The van der Waals surface area contributed by atoms with Crippen LogP contribution >= 0.6 is 11.3 Å². The Labute approximate surface area is 158 Å². The van der Waals surface area contributed by atoms with Crippen LogP contribution in [-0.2, 0) is 10.0 Å². The molecular formula is C18H23N3O3S2. The van der Waals surface area contributed by atoms with Crippen molar-refractivity contribution in [2.75, 3.05) is 26.2 Å². The highest BCUT2D eigenvalue weighted by molar-refractivity contribution is 7.89. The molecule has 1 unspecified atom stereocenters. The zero-order chi connectivity index (χ0) is 18.7. The van der Waals surface area contributed by atoms with Gasteiger partial charge in [-0.25, -0.2) is 8.42 Å². The van der Waals surface area contributed by atoms with Gasteiger partial charge in [0.05, 0.1) is 16.6 Å². The van der Waals surface area contributed by atoms with Crippen LogP contribution in [0.15, 0.2) is 40.9 Å². The summed E-state index contributed by atoms with van der Waals surface area (Å²) in [5, 5.41) is 0. The first-order chi connectivity index (χ1) is 12.4. The molecule has 26 heavy (non-hydrogen) atoms. The summed E-state index contributed by atoms with van der Waals surface area (Å²) < 4.78 is 27.2. The van der Waals surface area contributed by atoms with E-state index in [2.05, 4.69) is 18.8 Å². The molecular weight excluding hydrogens is 370 g/mol. The van der Waals surface area contributed by atoms with E-state index in [-0.39, 0.29) is 5.91 Å². The van der Waals surface area contributed by atoms with Crippen molar-refractivity contribution in [1.82, 2.24) is 14.2 Å². The highest BCUT2D eigenvalue weighted by Gasteiger charge is 2.30. The lowest BCUT2D eigenvalue weighted by molar-refractivity contribution is 0.0702.